The topological polar surface area (TPSA) is 106 Å². The Balaban J connectivity index is 2.29. The second kappa shape index (κ2) is 7.66. The number of rotatable bonds is 6. The van der Waals surface area contributed by atoms with Gasteiger partial charge in [-0.05, 0) is 42.7 Å². The van der Waals surface area contributed by atoms with Crippen LogP contribution in [0.15, 0.2) is 52.3 Å². The lowest BCUT2D eigenvalue weighted by atomic mass is 10.1. The van der Waals surface area contributed by atoms with Gasteiger partial charge in [0.2, 0.25) is 0 Å². The normalized spacial score (nSPS) is 11.1. The van der Waals surface area contributed by atoms with Crippen LogP contribution in [0.4, 0.5) is 11.4 Å². The van der Waals surface area contributed by atoms with Crippen LogP contribution in [0.1, 0.15) is 17.3 Å². The molecule has 2 rings (SSSR count). The lowest BCUT2D eigenvalue weighted by Gasteiger charge is -2.08. The number of nitrogens with zero attached hydrogens (tertiary/aromatic N) is 1. The fourth-order valence-corrected chi connectivity index (χ4v) is 3.42. The lowest BCUT2D eigenvalue weighted by Crippen LogP contribution is -2.14. The molecule has 1 amide bonds. The number of benzene rings is 2. The standard InChI is InChI=1S/C16H16N2O5S2/c1-3-25(22,23)13-7-4-11(5-8-13)17-16(19)14-10-12(24-2)6-9-15(14)18(20)21/h4-10H,3H2,1-2H3,(H,17,19). The van der Waals surface area contributed by atoms with Gasteiger partial charge in [0.05, 0.1) is 15.6 Å². The molecule has 7 nitrogen and oxygen atoms in total. The Morgan fingerprint density at radius 2 is 1.84 bits per heavy atom. The van der Waals surface area contributed by atoms with Gasteiger partial charge < -0.3 is 5.32 Å². The average Bonchev–Trinajstić information content (AvgIpc) is 2.61. The Kier molecular flexibility index (Phi) is 5.81. The van der Waals surface area contributed by atoms with Crippen molar-refractivity contribution in [2.75, 3.05) is 17.3 Å². The third-order valence-electron chi connectivity index (χ3n) is 3.50. The maximum atomic E-state index is 12.4. The van der Waals surface area contributed by atoms with E-state index in [1.165, 1.54) is 48.2 Å². The average molecular weight is 380 g/mol. The van der Waals surface area contributed by atoms with E-state index in [4.69, 9.17) is 0 Å². The number of anilines is 1. The van der Waals surface area contributed by atoms with Crippen LogP contribution in [-0.4, -0.2) is 31.3 Å². The zero-order valence-electron chi connectivity index (χ0n) is 13.6. The summed E-state index contributed by atoms with van der Waals surface area (Å²) in [6.45, 7) is 1.54. The Bertz CT molecular complexity index is 909. The molecular formula is C16H16N2O5S2. The van der Waals surface area contributed by atoms with Gasteiger partial charge in [-0.2, -0.15) is 0 Å². The number of sulfone groups is 1. The van der Waals surface area contributed by atoms with Crippen LogP contribution in [0.3, 0.4) is 0 Å². The van der Waals surface area contributed by atoms with E-state index >= 15 is 0 Å². The number of hydrogen-bond acceptors (Lipinski definition) is 6. The summed E-state index contributed by atoms with van der Waals surface area (Å²) in [7, 11) is -3.33. The van der Waals surface area contributed by atoms with Gasteiger partial charge in [0.1, 0.15) is 5.56 Å². The first-order valence-corrected chi connectivity index (χ1v) is 10.1. The van der Waals surface area contributed by atoms with Crippen LogP contribution in [0.25, 0.3) is 0 Å². The summed E-state index contributed by atoms with van der Waals surface area (Å²) < 4.78 is 23.6. The van der Waals surface area contributed by atoms with Crippen molar-refractivity contribution >= 4 is 38.9 Å². The lowest BCUT2D eigenvalue weighted by molar-refractivity contribution is -0.385. The van der Waals surface area contributed by atoms with E-state index in [2.05, 4.69) is 5.32 Å². The van der Waals surface area contributed by atoms with Gasteiger partial charge >= 0.3 is 0 Å². The molecular weight excluding hydrogens is 364 g/mol. The molecule has 0 heterocycles. The number of nitro benzene ring substituents is 1. The fraction of sp³-hybridized carbons (Fsp3) is 0.188. The first-order valence-electron chi connectivity index (χ1n) is 7.25. The van der Waals surface area contributed by atoms with Crippen molar-refractivity contribution in [3.8, 4) is 0 Å². The first-order chi connectivity index (χ1) is 11.8. The summed E-state index contributed by atoms with van der Waals surface area (Å²) in [6, 6.07) is 9.99. The Morgan fingerprint density at radius 1 is 1.20 bits per heavy atom. The van der Waals surface area contributed by atoms with Gasteiger partial charge in [0, 0.05) is 16.6 Å². The minimum atomic E-state index is -3.33. The molecule has 0 fully saturated rings. The highest BCUT2D eigenvalue weighted by Crippen LogP contribution is 2.26. The van der Waals surface area contributed by atoms with E-state index < -0.39 is 20.7 Å². The molecule has 1 N–H and O–H groups in total. The molecule has 0 aromatic heterocycles. The maximum absolute atomic E-state index is 12.4. The van der Waals surface area contributed by atoms with E-state index in [9.17, 15) is 23.3 Å². The van der Waals surface area contributed by atoms with Crippen LogP contribution in [0.5, 0.6) is 0 Å². The first kappa shape index (κ1) is 18.9. The SMILES string of the molecule is CCS(=O)(=O)c1ccc(NC(=O)c2cc(SC)ccc2[N+](=O)[O-])cc1. The summed E-state index contributed by atoms with van der Waals surface area (Å²) in [5.41, 5.74) is 0.00601. The monoisotopic (exact) mass is 380 g/mol. The highest BCUT2D eigenvalue weighted by molar-refractivity contribution is 7.98. The smallest absolute Gasteiger partial charge is 0.282 e. The zero-order chi connectivity index (χ0) is 18.6. The Labute approximate surface area is 149 Å². The maximum Gasteiger partial charge on any atom is 0.282 e. The third-order valence-corrected chi connectivity index (χ3v) is 5.97. The summed E-state index contributed by atoms with van der Waals surface area (Å²) in [5.74, 6) is -0.652. The number of carbonyl (C=O) groups is 1. The molecule has 0 aliphatic rings. The molecule has 25 heavy (non-hydrogen) atoms. The Hall–Kier alpha value is -2.39. The minimum absolute atomic E-state index is 0.0215. The van der Waals surface area contributed by atoms with E-state index in [1.807, 2.05) is 0 Å². The van der Waals surface area contributed by atoms with Crippen molar-refractivity contribution < 1.29 is 18.1 Å². The van der Waals surface area contributed by atoms with Crippen molar-refractivity contribution in [3.63, 3.8) is 0 Å². The molecule has 9 heteroatoms. The van der Waals surface area contributed by atoms with Crippen LogP contribution < -0.4 is 5.32 Å². The van der Waals surface area contributed by atoms with Gasteiger partial charge in [-0.3, -0.25) is 14.9 Å². The van der Waals surface area contributed by atoms with E-state index in [0.29, 0.717) is 5.69 Å². The van der Waals surface area contributed by atoms with Crippen LogP contribution in [0.2, 0.25) is 0 Å². The Morgan fingerprint density at radius 3 is 2.36 bits per heavy atom. The molecule has 0 spiro atoms. The van der Waals surface area contributed by atoms with E-state index in [1.54, 1.807) is 19.2 Å². The highest BCUT2D eigenvalue weighted by atomic mass is 32.2. The summed E-state index contributed by atoms with van der Waals surface area (Å²) >= 11 is 1.36. The van der Waals surface area contributed by atoms with E-state index in [-0.39, 0.29) is 21.9 Å². The second-order valence-corrected chi connectivity index (χ2v) is 8.18. The number of hydrogen-bond donors (Lipinski definition) is 1. The van der Waals surface area contributed by atoms with E-state index in [0.717, 1.165) is 4.90 Å². The molecule has 0 atom stereocenters. The largest absolute Gasteiger partial charge is 0.322 e. The molecule has 0 saturated heterocycles. The molecule has 0 aliphatic heterocycles. The predicted octanol–water partition coefficient (Wildman–Crippen LogP) is 3.36. The molecule has 0 bridgehead atoms. The summed E-state index contributed by atoms with van der Waals surface area (Å²) in [4.78, 5) is 23.8. The summed E-state index contributed by atoms with van der Waals surface area (Å²) in [5, 5.41) is 13.7. The highest BCUT2D eigenvalue weighted by Gasteiger charge is 2.21. The second-order valence-electron chi connectivity index (χ2n) is 5.02. The molecule has 0 aliphatic carbocycles. The van der Waals surface area contributed by atoms with Crippen molar-refractivity contribution in [1.29, 1.82) is 0 Å². The molecule has 2 aromatic carbocycles. The van der Waals surface area contributed by atoms with Crippen molar-refractivity contribution in [1.82, 2.24) is 0 Å². The van der Waals surface area contributed by atoms with Crippen molar-refractivity contribution in [2.45, 2.75) is 16.7 Å². The van der Waals surface area contributed by atoms with Crippen LogP contribution >= 0.6 is 11.8 Å². The molecule has 2 aromatic rings. The van der Waals surface area contributed by atoms with Gasteiger partial charge in [-0.25, -0.2) is 8.42 Å². The molecule has 0 saturated carbocycles. The number of nitrogens with one attached hydrogen (secondary N) is 1. The van der Waals surface area contributed by atoms with Gasteiger partial charge in [-0.15, -0.1) is 11.8 Å². The number of thioether (sulfide) groups is 1. The van der Waals surface area contributed by atoms with Crippen LogP contribution in [0, 0.1) is 10.1 Å². The number of carbonyl (C=O) groups excluding carboxylic acids is 1. The van der Waals surface area contributed by atoms with Crippen LogP contribution in [-0.2, 0) is 9.84 Å². The molecule has 0 unspecified atom stereocenters. The number of amides is 1. The quantitative estimate of drug-likeness (QED) is 0.468. The molecule has 0 radical (unpaired) electrons. The van der Waals surface area contributed by atoms with Crippen molar-refractivity contribution in [3.05, 3.63) is 58.1 Å². The van der Waals surface area contributed by atoms with Gasteiger partial charge in [0.15, 0.2) is 9.84 Å². The number of nitro groups is 1. The fourth-order valence-electron chi connectivity index (χ4n) is 2.09. The third kappa shape index (κ3) is 4.37. The predicted molar refractivity (Wildman–Crippen MR) is 97.0 cm³/mol. The van der Waals surface area contributed by atoms with Crippen molar-refractivity contribution in [2.24, 2.45) is 0 Å². The molecule has 132 valence electrons. The zero-order valence-corrected chi connectivity index (χ0v) is 15.2. The van der Waals surface area contributed by atoms with Gasteiger partial charge in [-0.1, -0.05) is 6.92 Å². The summed E-state index contributed by atoms with van der Waals surface area (Å²) in [6.07, 6.45) is 1.80. The van der Waals surface area contributed by atoms with Gasteiger partial charge in [0.25, 0.3) is 11.6 Å². The minimum Gasteiger partial charge on any atom is -0.322 e.